The first-order chi connectivity index (χ1) is 10.4. The second kappa shape index (κ2) is 6.60. The van der Waals surface area contributed by atoms with Crippen molar-refractivity contribution in [2.24, 2.45) is 0 Å². The fourth-order valence-corrected chi connectivity index (χ4v) is 2.44. The summed E-state index contributed by atoms with van der Waals surface area (Å²) in [5.41, 5.74) is 3.40. The van der Waals surface area contributed by atoms with E-state index in [1.54, 1.807) is 18.1 Å². The molecule has 0 bridgehead atoms. The van der Waals surface area contributed by atoms with Gasteiger partial charge in [0.2, 0.25) is 5.91 Å². The normalized spacial score (nSPS) is 10.4. The Morgan fingerprint density at radius 2 is 1.91 bits per heavy atom. The van der Waals surface area contributed by atoms with Crippen molar-refractivity contribution >= 4 is 11.6 Å². The zero-order valence-corrected chi connectivity index (χ0v) is 13.3. The van der Waals surface area contributed by atoms with Crippen LogP contribution < -0.4 is 9.64 Å². The molecular weight excluding hydrogens is 280 g/mol. The third-order valence-corrected chi connectivity index (χ3v) is 3.61. The van der Waals surface area contributed by atoms with E-state index in [1.807, 2.05) is 32.0 Å². The zero-order valence-electron chi connectivity index (χ0n) is 13.3. The predicted octanol–water partition coefficient (Wildman–Crippen LogP) is 4.00. The van der Waals surface area contributed by atoms with Gasteiger partial charge in [-0.05, 0) is 37.6 Å². The molecule has 1 amide bonds. The minimum Gasteiger partial charge on any atom is -0.496 e. The summed E-state index contributed by atoms with van der Waals surface area (Å²) in [5, 5.41) is 0. The van der Waals surface area contributed by atoms with Crippen molar-refractivity contribution in [2.75, 3.05) is 12.0 Å². The lowest BCUT2D eigenvalue weighted by Crippen LogP contribution is -2.28. The number of benzene rings is 2. The van der Waals surface area contributed by atoms with Crippen molar-refractivity contribution < 1.29 is 13.9 Å². The molecule has 2 rings (SSSR count). The number of amides is 1. The summed E-state index contributed by atoms with van der Waals surface area (Å²) in [6.45, 7) is 5.66. The molecule has 0 saturated heterocycles. The number of rotatable bonds is 4. The van der Waals surface area contributed by atoms with Gasteiger partial charge in [-0.1, -0.05) is 23.8 Å². The fourth-order valence-electron chi connectivity index (χ4n) is 2.44. The van der Waals surface area contributed by atoms with Gasteiger partial charge in [-0.2, -0.15) is 0 Å². The van der Waals surface area contributed by atoms with Gasteiger partial charge < -0.3 is 9.64 Å². The number of halogens is 1. The molecule has 0 aliphatic rings. The zero-order chi connectivity index (χ0) is 16.3. The number of aryl methyl sites for hydroxylation is 2. The maximum absolute atomic E-state index is 13.6. The summed E-state index contributed by atoms with van der Waals surface area (Å²) in [6, 6.07) is 10.3. The predicted molar refractivity (Wildman–Crippen MR) is 85.7 cm³/mol. The molecule has 0 atom stereocenters. The van der Waals surface area contributed by atoms with E-state index in [1.165, 1.54) is 19.1 Å². The Bertz CT molecular complexity index is 697. The number of nitrogens with zero attached hydrogens (tertiary/aromatic N) is 1. The lowest BCUT2D eigenvalue weighted by Gasteiger charge is -2.24. The van der Waals surface area contributed by atoms with Crippen molar-refractivity contribution in [3.05, 3.63) is 58.9 Å². The topological polar surface area (TPSA) is 29.5 Å². The number of ether oxygens (including phenoxy) is 1. The smallest absolute Gasteiger partial charge is 0.224 e. The van der Waals surface area contributed by atoms with Gasteiger partial charge >= 0.3 is 0 Å². The van der Waals surface area contributed by atoms with E-state index in [0.717, 1.165) is 16.7 Å². The molecule has 0 unspecified atom stereocenters. The number of carbonyl (C=O) groups is 1. The van der Waals surface area contributed by atoms with Crippen molar-refractivity contribution in [1.82, 2.24) is 0 Å². The monoisotopic (exact) mass is 300 g/mol. The third kappa shape index (κ3) is 3.45. The Balaban J connectivity index is 2.44. The lowest BCUT2D eigenvalue weighted by molar-refractivity contribution is -0.116. The average Bonchev–Trinajstić information content (AvgIpc) is 2.47. The van der Waals surface area contributed by atoms with E-state index in [4.69, 9.17) is 4.74 Å². The van der Waals surface area contributed by atoms with Crippen LogP contribution in [-0.4, -0.2) is 13.0 Å². The first-order valence-corrected chi connectivity index (χ1v) is 7.10. The highest BCUT2D eigenvalue weighted by Gasteiger charge is 2.17. The molecule has 2 aromatic rings. The summed E-state index contributed by atoms with van der Waals surface area (Å²) < 4.78 is 18.9. The quantitative estimate of drug-likeness (QED) is 0.854. The maximum atomic E-state index is 13.6. The Labute approximate surface area is 130 Å². The van der Waals surface area contributed by atoms with Crippen molar-refractivity contribution in [1.29, 1.82) is 0 Å². The van der Waals surface area contributed by atoms with Gasteiger partial charge in [-0.15, -0.1) is 0 Å². The molecule has 0 aliphatic heterocycles. The van der Waals surface area contributed by atoms with E-state index >= 15 is 0 Å². The summed E-state index contributed by atoms with van der Waals surface area (Å²) in [5.74, 6) is 0.214. The maximum Gasteiger partial charge on any atom is 0.224 e. The molecule has 0 saturated carbocycles. The molecule has 0 aliphatic carbocycles. The molecule has 0 spiro atoms. The molecule has 0 aromatic heterocycles. The highest BCUT2D eigenvalue weighted by Crippen LogP contribution is 2.27. The Hall–Kier alpha value is -2.36. The first-order valence-electron chi connectivity index (χ1n) is 7.10. The molecule has 116 valence electrons. The Kier molecular flexibility index (Phi) is 4.81. The molecule has 0 fully saturated rings. The SMILES string of the molecule is COc1ccc(C)cc1CN(C(C)=O)c1cc([18F])ccc1C. The number of anilines is 1. The Morgan fingerprint density at radius 1 is 1.18 bits per heavy atom. The van der Waals surface area contributed by atoms with Gasteiger partial charge in [-0.3, -0.25) is 4.79 Å². The molecule has 2 aromatic carbocycles. The van der Waals surface area contributed by atoms with Crippen LogP contribution in [0.15, 0.2) is 36.4 Å². The van der Waals surface area contributed by atoms with Crippen LogP contribution in [-0.2, 0) is 11.3 Å². The van der Waals surface area contributed by atoms with Gasteiger partial charge in [0.1, 0.15) is 11.6 Å². The second-order valence-corrected chi connectivity index (χ2v) is 5.35. The molecule has 3 nitrogen and oxygen atoms in total. The summed E-state index contributed by atoms with van der Waals surface area (Å²) in [7, 11) is 1.60. The number of hydrogen-bond donors (Lipinski definition) is 0. The number of methoxy groups -OCH3 is 1. The molecule has 0 heterocycles. The Morgan fingerprint density at radius 3 is 2.55 bits per heavy atom. The molecule has 0 N–H and O–H groups in total. The van der Waals surface area contributed by atoms with E-state index in [-0.39, 0.29) is 11.7 Å². The van der Waals surface area contributed by atoms with Crippen LogP contribution >= 0.6 is 0 Å². The standard InChI is InChI=1S/C18H20FNO2/c1-12-5-8-18(22-4)15(9-12)11-20(14(3)21)17-10-16(19)7-6-13(17)2/h5-10H,11H2,1-4H3/i19-1. The van der Waals surface area contributed by atoms with Gasteiger partial charge in [-0.25, -0.2) is 4.39 Å². The van der Waals surface area contributed by atoms with Gasteiger partial charge in [0, 0.05) is 18.2 Å². The van der Waals surface area contributed by atoms with Crippen LogP contribution in [0.25, 0.3) is 0 Å². The van der Waals surface area contributed by atoms with Crippen molar-refractivity contribution in [3.8, 4) is 5.75 Å². The van der Waals surface area contributed by atoms with Crippen LogP contribution in [0.5, 0.6) is 5.75 Å². The molecule has 0 radical (unpaired) electrons. The minimum absolute atomic E-state index is 0.141. The largest absolute Gasteiger partial charge is 0.496 e. The van der Waals surface area contributed by atoms with Gasteiger partial charge in [0.25, 0.3) is 0 Å². The van der Waals surface area contributed by atoms with E-state index in [2.05, 4.69) is 0 Å². The molecular formula is C18H20FNO2. The van der Waals surface area contributed by atoms with E-state index < -0.39 is 0 Å². The summed E-state index contributed by atoms with van der Waals surface area (Å²) >= 11 is 0. The molecule has 22 heavy (non-hydrogen) atoms. The second-order valence-electron chi connectivity index (χ2n) is 5.35. The molecule has 4 heteroatoms. The first kappa shape index (κ1) is 16.0. The van der Waals surface area contributed by atoms with Crippen LogP contribution in [0.3, 0.4) is 0 Å². The summed E-state index contributed by atoms with van der Waals surface area (Å²) in [4.78, 5) is 13.6. The summed E-state index contributed by atoms with van der Waals surface area (Å²) in [6.07, 6.45) is 0. The number of carbonyl (C=O) groups excluding carboxylic acids is 1. The third-order valence-electron chi connectivity index (χ3n) is 3.61. The van der Waals surface area contributed by atoms with Crippen LogP contribution in [0, 0.1) is 19.7 Å². The van der Waals surface area contributed by atoms with Crippen molar-refractivity contribution in [2.45, 2.75) is 27.3 Å². The number of hydrogen-bond acceptors (Lipinski definition) is 2. The fraction of sp³-hybridized carbons (Fsp3) is 0.278. The van der Waals surface area contributed by atoms with Crippen LogP contribution in [0.4, 0.5) is 10.1 Å². The highest BCUT2D eigenvalue weighted by atomic mass is 18.2. The van der Waals surface area contributed by atoms with E-state index in [0.29, 0.717) is 18.0 Å². The van der Waals surface area contributed by atoms with Crippen LogP contribution in [0.1, 0.15) is 23.6 Å². The van der Waals surface area contributed by atoms with Gasteiger partial charge in [0.05, 0.1) is 13.7 Å². The minimum atomic E-state index is -0.358. The van der Waals surface area contributed by atoms with E-state index in [9.17, 15) is 9.18 Å². The average molecular weight is 300 g/mol. The lowest BCUT2D eigenvalue weighted by atomic mass is 10.1. The van der Waals surface area contributed by atoms with Crippen molar-refractivity contribution in [3.63, 3.8) is 0 Å². The van der Waals surface area contributed by atoms with Crippen LogP contribution in [0.2, 0.25) is 0 Å². The van der Waals surface area contributed by atoms with Gasteiger partial charge in [0.15, 0.2) is 0 Å². The highest BCUT2D eigenvalue weighted by molar-refractivity contribution is 5.92.